The summed E-state index contributed by atoms with van der Waals surface area (Å²) in [5, 5.41) is 7.09. The van der Waals surface area contributed by atoms with Gasteiger partial charge in [-0.15, -0.1) is 0 Å². The zero-order valence-corrected chi connectivity index (χ0v) is 11.8. The number of nitrogens with zero attached hydrogens (tertiary/aromatic N) is 4. The molecule has 0 aromatic carbocycles. The fourth-order valence-electron chi connectivity index (χ4n) is 2.03. The maximum Gasteiger partial charge on any atom is 0.427 e. The van der Waals surface area contributed by atoms with Crippen molar-refractivity contribution in [1.29, 1.82) is 0 Å². The Bertz CT molecular complexity index is 625. The molecule has 2 aromatic rings. The van der Waals surface area contributed by atoms with Gasteiger partial charge in [0.25, 0.3) is 0 Å². The second kappa shape index (κ2) is 5.26. The van der Waals surface area contributed by atoms with Crippen molar-refractivity contribution in [3.63, 3.8) is 0 Å². The summed E-state index contributed by atoms with van der Waals surface area (Å²) in [5.41, 5.74) is 0. The molecule has 1 saturated heterocycles. The van der Waals surface area contributed by atoms with Gasteiger partial charge in [0, 0.05) is 6.54 Å². The molecule has 2 aromatic heterocycles. The molecule has 0 amide bonds. The van der Waals surface area contributed by atoms with Crippen LogP contribution < -0.4 is 4.90 Å². The third-order valence-electron chi connectivity index (χ3n) is 3.01. The second-order valence-corrected chi connectivity index (χ2v) is 5.60. The van der Waals surface area contributed by atoms with E-state index >= 15 is 0 Å². The first-order valence-electron chi connectivity index (χ1n) is 6.22. The Morgan fingerprint density at radius 3 is 2.90 bits per heavy atom. The third kappa shape index (κ3) is 3.00. The van der Waals surface area contributed by atoms with Crippen LogP contribution in [0.1, 0.15) is 22.6 Å². The summed E-state index contributed by atoms with van der Waals surface area (Å²) in [6.07, 6.45) is -3.87. The first-order chi connectivity index (χ1) is 9.93. The van der Waals surface area contributed by atoms with Crippen LogP contribution in [0.25, 0.3) is 0 Å². The van der Waals surface area contributed by atoms with Gasteiger partial charge in [0.05, 0.1) is 19.3 Å². The maximum atomic E-state index is 12.6. The Labute approximate surface area is 122 Å². The lowest BCUT2D eigenvalue weighted by Crippen LogP contribution is -2.38. The molecule has 0 spiro atoms. The van der Waals surface area contributed by atoms with Gasteiger partial charge in [0.2, 0.25) is 0 Å². The number of morpholine rings is 1. The third-order valence-corrected chi connectivity index (χ3v) is 4.12. The predicted molar refractivity (Wildman–Crippen MR) is 69.1 cm³/mol. The summed E-state index contributed by atoms with van der Waals surface area (Å²) in [6.45, 7) is 3.03. The highest BCUT2D eigenvalue weighted by atomic mass is 32.1. The Morgan fingerprint density at radius 1 is 1.48 bits per heavy atom. The summed E-state index contributed by atoms with van der Waals surface area (Å²) < 4.78 is 43.4. The van der Waals surface area contributed by atoms with Crippen LogP contribution in [0.3, 0.4) is 0 Å². The number of ether oxygens (including phenoxy) is 1. The van der Waals surface area contributed by atoms with Crippen LogP contribution in [0.2, 0.25) is 0 Å². The number of aromatic nitrogens is 4. The number of alkyl halides is 3. The molecule has 21 heavy (non-hydrogen) atoms. The van der Waals surface area contributed by atoms with Crippen molar-refractivity contribution < 1.29 is 17.9 Å². The average molecular weight is 319 g/mol. The van der Waals surface area contributed by atoms with Gasteiger partial charge in [-0.3, -0.25) is 5.10 Å². The molecule has 3 rings (SSSR count). The molecule has 10 heteroatoms. The van der Waals surface area contributed by atoms with E-state index in [2.05, 4.69) is 20.2 Å². The van der Waals surface area contributed by atoms with E-state index in [-0.39, 0.29) is 6.10 Å². The molecule has 0 bridgehead atoms. The Balaban J connectivity index is 1.75. The van der Waals surface area contributed by atoms with E-state index in [4.69, 9.17) is 4.74 Å². The van der Waals surface area contributed by atoms with Crippen LogP contribution in [0, 0.1) is 6.92 Å². The minimum absolute atomic E-state index is 0.336. The molecular formula is C11H12F3N5OS. The number of aryl methyl sites for hydroxylation is 1. The van der Waals surface area contributed by atoms with Crippen LogP contribution in [0.4, 0.5) is 18.3 Å². The zero-order valence-electron chi connectivity index (χ0n) is 11.0. The van der Waals surface area contributed by atoms with E-state index < -0.39 is 11.1 Å². The number of anilines is 1. The van der Waals surface area contributed by atoms with Crippen molar-refractivity contribution in [3.8, 4) is 0 Å². The van der Waals surface area contributed by atoms with Crippen molar-refractivity contribution in [1.82, 2.24) is 20.2 Å². The molecule has 1 atom stereocenters. The SMILES string of the molecule is Cc1nc([C@@H]2CN(c3ncc(C(F)(F)F)s3)CCO2)n[nH]1. The van der Waals surface area contributed by atoms with Crippen molar-refractivity contribution in [3.05, 3.63) is 22.7 Å². The van der Waals surface area contributed by atoms with Crippen molar-refractivity contribution in [2.75, 3.05) is 24.6 Å². The number of rotatable bonds is 2. The first-order valence-corrected chi connectivity index (χ1v) is 7.03. The minimum atomic E-state index is -4.36. The standard InChI is InChI=1S/C11H12F3N5OS/c1-6-16-9(18-17-6)7-5-19(2-3-20-7)10-15-4-8(21-10)11(12,13)14/h4,7H,2-3,5H2,1H3,(H,16,17,18)/t7-/m0/s1. The first kappa shape index (κ1) is 14.3. The van der Waals surface area contributed by atoms with Crippen molar-refractivity contribution in [2.45, 2.75) is 19.2 Å². The molecule has 6 nitrogen and oxygen atoms in total. The summed E-state index contributed by atoms with van der Waals surface area (Å²) >= 11 is 0.634. The molecule has 0 aliphatic carbocycles. The molecular weight excluding hydrogens is 307 g/mol. The minimum Gasteiger partial charge on any atom is -0.366 e. The monoisotopic (exact) mass is 319 g/mol. The van der Waals surface area contributed by atoms with E-state index in [1.54, 1.807) is 11.8 Å². The Kier molecular flexibility index (Phi) is 3.57. The van der Waals surface area contributed by atoms with E-state index in [1.807, 2.05) is 0 Å². The lowest BCUT2D eigenvalue weighted by molar-refractivity contribution is -0.134. The second-order valence-electron chi connectivity index (χ2n) is 4.59. The highest BCUT2D eigenvalue weighted by Crippen LogP contribution is 2.37. The van der Waals surface area contributed by atoms with Crippen LogP contribution in [-0.2, 0) is 10.9 Å². The van der Waals surface area contributed by atoms with Gasteiger partial charge >= 0.3 is 6.18 Å². The van der Waals surface area contributed by atoms with Gasteiger partial charge < -0.3 is 9.64 Å². The number of thiazole rings is 1. The van der Waals surface area contributed by atoms with Gasteiger partial charge in [-0.05, 0) is 6.92 Å². The molecule has 1 fully saturated rings. The summed E-state index contributed by atoms with van der Waals surface area (Å²) in [5.74, 6) is 1.17. The Morgan fingerprint density at radius 2 is 2.29 bits per heavy atom. The van der Waals surface area contributed by atoms with Crippen LogP contribution in [-0.4, -0.2) is 39.9 Å². The molecule has 0 saturated carbocycles. The number of hydrogen-bond donors (Lipinski definition) is 1. The molecule has 3 heterocycles. The topological polar surface area (TPSA) is 66.9 Å². The zero-order chi connectivity index (χ0) is 15.0. The van der Waals surface area contributed by atoms with E-state index in [9.17, 15) is 13.2 Å². The van der Waals surface area contributed by atoms with E-state index in [1.165, 1.54) is 0 Å². The molecule has 1 aliphatic rings. The highest BCUT2D eigenvalue weighted by molar-refractivity contribution is 7.15. The molecule has 1 aliphatic heterocycles. The summed E-state index contributed by atoms with van der Waals surface area (Å²) in [6, 6.07) is 0. The number of nitrogens with one attached hydrogen (secondary N) is 1. The predicted octanol–water partition coefficient (Wildman–Crippen LogP) is 2.17. The van der Waals surface area contributed by atoms with Crippen LogP contribution in [0.5, 0.6) is 0 Å². The fraction of sp³-hybridized carbons (Fsp3) is 0.545. The fourth-order valence-corrected chi connectivity index (χ4v) is 2.84. The summed E-state index contributed by atoms with van der Waals surface area (Å²) in [4.78, 5) is 9.12. The lowest BCUT2D eigenvalue weighted by atomic mass is 10.2. The number of H-pyrrole nitrogens is 1. The van der Waals surface area contributed by atoms with Gasteiger partial charge in [-0.2, -0.15) is 18.3 Å². The Hall–Kier alpha value is -1.68. The van der Waals surface area contributed by atoms with E-state index in [0.717, 1.165) is 6.20 Å². The smallest absolute Gasteiger partial charge is 0.366 e. The van der Waals surface area contributed by atoms with Gasteiger partial charge in [-0.25, -0.2) is 9.97 Å². The quantitative estimate of drug-likeness (QED) is 0.919. The number of aromatic amines is 1. The van der Waals surface area contributed by atoms with Crippen LogP contribution in [0.15, 0.2) is 6.20 Å². The largest absolute Gasteiger partial charge is 0.427 e. The molecule has 0 radical (unpaired) electrons. The van der Waals surface area contributed by atoms with Gasteiger partial charge in [0.15, 0.2) is 11.0 Å². The van der Waals surface area contributed by atoms with Crippen molar-refractivity contribution >= 4 is 16.5 Å². The van der Waals surface area contributed by atoms with Crippen molar-refractivity contribution in [2.24, 2.45) is 0 Å². The van der Waals surface area contributed by atoms with Gasteiger partial charge in [0.1, 0.15) is 16.8 Å². The number of halogens is 3. The molecule has 1 N–H and O–H groups in total. The van der Waals surface area contributed by atoms with E-state index in [0.29, 0.717) is 47.8 Å². The maximum absolute atomic E-state index is 12.6. The normalized spacial score (nSPS) is 20.0. The molecule has 0 unspecified atom stereocenters. The lowest BCUT2D eigenvalue weighted by Gasteiger charge is -2.31. The molecule has 114 valence electrons. The van der Waals surface area contributed by atoms with Gasteiger partial charge in [-0.1, -0.05) is 11.3 Å². The summed E-state index contributed by atoms with van der Waals surface area (Å²) in [7, 11) is 0. The number of hydrogen-bond acceptors (Lipinski definition) is 6. The average Bonchev–Trinajstić information content (AvgIpc) is 3.07. The highest BCUT2D eigenvalue weighted by Gasteiger charge is 2.35. The van der Waals surface area contributed by atoms with Crippen LogP contribution >= 0.6 is 11.3 Å².